The Balaban J connectivity index is 2.74. The molecular formula is C10H8N2O6S. The van der Waals surface area contributed by atoms with Gasteiger partial charge in [0.25, 0.3) is 15.7 Å². The third kappa shape index (κ3) is 2.41. The van der Waals surface area contributed by atoms with Gasteiger partial charge in [-0.3, -0.25) is 14.4 Å². The molecule has 0 aliphatic rings. The highest BCUT2D eigenvalue weighted by Crippen LogP contribution is 2.17. The molecule has 9 heteroatoms. The van der Waals surface area contributed by atoms with E-state index in [9.17, 15) is 18.0 Å². The third-order valence-electron chi connectivity index (χ3n) is 2.33. The van der Waals surface area contributed by atoms with Crippen molar-refractivity contribution in [1.82, 2.24) is 9.78 Å². The fourth-order valence-electron chi connectivity index (χ4n) is 1.54. The number of aromatic nitrogens is 2. The van der Waals surface area contributed by atoms with Crippen LogP contribution >= 0.6 is 0 Å². The van der Waals surface area contributed by atoms with Crippen molar-refractivity contribution in [2.75, 3.05) is 0 Å². The average Bonchev–Trinajstić information content (AvgIpc) is 2.70. The number of hydrogen-bond acceptors (Lipinski definition) is 4. The lowest BCUT2D eigenvalue weighted by molar-refractivity contribution is 0.0690. The van der Waals surface area contributed by atoms with Crippen LogP contribution in [0.5, 0.6) is 0 Å². The number of aromatic amines is 1. The molecule has 0 unspecified atom stereocenters. The number of carboxylic acid groups (broad SMARTS) is 1. The number of para-hydroxylation sites is 1. The Hall–Kier alpha value is -2.39. The lowest BCUT2D eigenvalue weighted by atomic mass is 10.3. The van der Waals surface area contributed by atoms with Crippen molar-refractivity contribution in [2.45, 2.75) is 4.90 Å². The summed E-state index contributed by atoms with van der Waals surface area (Å²) in [5.41, 5.74) is -1.31. The Morgan fingerprint density at radius 3 is 2.42 bits per heavy atom. The summed E-state index contributed by atoms with van der Waals surface area (Å²) in [5.74, 6) is -1.36. The van der Waals surface area contributed by atoms with E-state index in [2.05, 4.69) is 5.10 Å². The molecule has 1 heterocycles. The van der Waals surface area contributed by atoms with Crippen LogP contribution < -0.4 is 5.56 Å². The van der Waals surface area contributed by atoms with E-state index >= 15 is 0 Å². The van der Waals surface area contributed by atoms with Crippen LogP contribution in [-0.2, 0) is 10.1 Å². The van der Waals surface area contributed by atoms with E-state index in [0.29, 0.717) is 0 Å². The molecule has 0 atom stereocenters. The quantitative estimate of drug-likeness (QED) is 0.686. The second-order valence-electron chi connectivity index (χ2n) is 3.59. The maximum Gasteiger partial charge on any atom is 0.353 e. The average molecular weight is 284 g/mol. The van der Waals surface area contributed by atoms with Crippen LogP contribution in [0.25, 0.3) is 5.69 Å². The van der Waals surface area contributed by atoms with Gasteiger partial charge in [0.1, 0.15) is 10.6 Å². The minimum Gasteiger partial charge on any atom is -0.477 e. The first kappa shape index (κ1) is 13.1. The number of carboxylic acids is 1. The Bertz CT molecular complexity index is 801. The standard InChI is InChI=1S/C10H8N2O6S/c13-9-5-6(10(14)15)11-12(9)7-3-1-2-4-8(7)19(16,17)18/h1-5,11H,(H,14,15)(H,16,17,18). The molecule has 0 saturated carbocycles. The largest absolute Gasteiger partial charge is 0.477 e. The van der Waals surface area contributed by atoms with Crippen molar-refractivity contribution in [3.8, 4) is 5.69 Å². The Kier molecular flexibility index (Phi) is 3.00. The molecule has 8 nitrogen and oxygen atoms in total. The molecule has 2 rings (SSSR count). The van der Waals surface area contributed by atoms with Crippen LogP contribution in [0.15, 0.2) is 40.0 Å². The Morgan fingerprint density at radius 2 is 1.89 bits per heavy atom. The predicted octanol–water partition coefficient (Wildman–Crippen LogP) is 0.111. The van der Waals surface area contributed by atoms with Crippen molar-refractivity contribution in [3.05, 3.63) is 46.4 Å². The summed E-state index contributed by atoms with van der Waals surface area (Å²) in [5, 5.41) is 11.0. The van der Waals surface area contributed by atoms with Crippen molar-refractivity contribution in [3.63, 3.8) is 0 Å². The maximum absolute atomic E-state index is 11.6. The first-order chi connectivity index (χ1) is 8.80. The molecule has 19 heavy (non-hydrogen) atoms. The molecule has 0 spiro atoms. The van der Waals surface area contributed by atoms with E-state index in [1.165, 1.54) is 18.2 Å². The molecule has 0 fully saturated rings. The lowest BCUT2D eigenvalue weighted by Crippen LogP contribution is -2.16. The highest BCUT2D eigenvalue weighted by molar-refractivity contribution is 7.86. The number of hydrogen-bond donors (Lipinski definition) is 3. The summed E-state index contributed by atoms with van der Waals surface area (Å²) in [6, 6.07) is 5.96. The van der Waals surface area contributed by atoms with Gasteiger partial charge in [-0.25, -0.2) is 9.48 Å². The second-order valence-corrected chi connectivity index (χ2v) is 4.98. The summed E-state index contributed by atoms with van der Waals surface area (Å²) in [4.78, 5) is 21.8. The van der Waals surface area contributed by atoms with E-state index in [1.807, 2.05) is 0 Å². The normalized spacial score (nSPS) is 11.4. The van der Waals surface area contributed by atoms with Crippen LogP contribution in [0.3, 0.4) is 0 Å². The van der Waals surface area contributed by atoms with Crippen LogP contribution in [0.1, 0.15) is 10.5 Å². The van der Waals surface area contributed by atoms with Gasteiger partial charge in [0.15, 0.2) is 0 Å². The van der Waals surface area contributed by atoms with Crippen LogP contribution in [-0.4, -0.2) is 33.8 Å². The van der Waals surface area contributed by atoms with Crippen LogP contribution in [0.4, 0.5) is 0 Å². The van der Waals surface area contributed by atoms with E-state index < -0.39 is 32.2 Å². The number of nitrogens with zero attached hydrogens (tertiary/aromatic N) is 1. The maximum atomic E-state index is 11.6. The molecule has 0 saturated heterocycles. The first-order valence-electron chi connectivity index (χ1n) is 4.93. The van der Waals surface area contributed by atoms with Gasteiger partial charge in [-0.2, -0.15) is 8.42 Å². The molecular weight excluding hydrogens is 276 g/mol. The minimum absolute atomic E-state index is 0.164. The van der Waals surface area contributed by atoms with E-state index in [1.54, 1.807) is 0 Å². The van der Waals surface area contributed by atoms with E-state index in [-0.39, 0.29) is 5.69 Å². The molecule has 0 amide bonds. The summed E-state index contributed by atoms with van der Waals surface area (Å²) in [7, 11) is -4.54. The Labute approximate surface area is 106 Å². The smallest absolute Gasteiger partial charge is 0.353 e. The number of H-pyrrole nitrogens is 1. The summed E-state index contributed by atoms with van der Waals surface area (Å²) in [6.07, 6.45) is 0. The molecule has 3 N–H and O–H groups in total. The molecule has 0 aliphatic heterocycles. The first-order valence-corrected chi connectivity index (χ1v) is 6.37. The van der Waals surface area contributed by atoms with Crippen LogP contribution in [0, 0.1) is 0 Å². The minimum atomic E-state index is -4.54. The lowest BCUT2D eigenvalue weighted by Gasteiger charge is -2.06. The molecule has 0 bridgehead atoms. The Morgan fingerprint density at radius 1 is 1.26 bits per heavy atom. The second kappa shape index (κ2) is 4.37. The topological polar surface area (TPSA) is 129 Å². The van der Waals surface area contributed by atoms with Gasteiger partial charge in [-0.05, 0) is 12.1 Å². The monoisotopic (exact) mass is 284 g/mol. The zero-order chi connectivity index (χ0) is 14.2. The van der Waals surface area contributed by atoms with Gasteiger partial charge >= 0.3 is 5.97 Å². The molecule has 1 aromatic carbocycles. The van der Waals surface area contributed by atoms with Gasteiger partial charge in [0.05, 0.1) is 5.69 Å². The number of aromatic carboxylic acids is 1. The highest BCUT2D eigenvalue weighted by Gasteiger charge is 2.19. The summed E-state index contributed by atoms with van der Waals surface area (Å²) >= 11 is 0. The number of rotatable bonds is 3. The predicted molar refractivity (Wildman–Crippen MR) is 63.2 cm³/mol. The van der Waals surface area contributed by atoms with Crippen LogP contribution in [0.2, 0.25) is 0 Å². The molecule has 1 aromatic heterocycles. The van der Waals surface area contributed by atoms with Crippen molar-refractivity contribution in [1.29, 1.82) is 0 Å². The molecule has 100 valence electrons. The van der Waals surface area contributed by atoms with Gasteiger partial charge in [0, 0.05) is 6.07 Å². The summed E-state index contributed by atoms with van der Waals surface area (Å²) < 4.78 is 32.2. The van der Waals surface area contributed by atoms with Crippen molar-refractivity contribution in [2.24, 2.45) is 0 Å². The highest BCUT2D eigenvalue weighted by atomic mass is 32.2. The number of benzene rings is 1. The number of nitrogens with one attached hydrogen (secondary N) is 1. The van der Waals surface area contributed by atoms with Crippen molar-refractivity contribution < 1.29 is 22.9 Å². The molecule has 0 radical (unpaired) electrons. The van der Waals surface area contributed by atoms with Gasteiger partial charge in [0.2, 0.25) is 0 Å². The zero-order valence-corrected chi connectivity index (χ0v) is 10.1. The number of carbonyl (C=O) groups is 1. The fourth-order valence-corrected chi connectivity index (χ4v) is 2.22. The summed E-state index contributed by atoms with van der Waals surface area (Å²) in [6.45, 7) is 0. The zero-order valence-electron chi connectivity index (χ0n) is 9.27. The SMILES string of the molecule is O=C(O)c1cc(=O)n(-c2ccccc2S(=O)(=O)O)[nH]1. The van der Waals surface area contributed by atoms with Gasteiger partial charge in [-0.1, -0.05) is 12.1 Å². The fraction of sp³-hybridized carbons (Fsp3) is 0. The van der Waals surface area contributed by atoms with E-state index in [4.69, 9.17) is 9.66 Å². The van der Waals surface area contributed by atoms with Crippen molar-refractivity contribution >= 4 is 16.1 Å². The third-order valence-corrected chi connectivity index (χ3v) is 3.24. The van der Waals surface area contributed by atoms with Gasteiger partial charge < -0.3 is 5.11 Å². The van der Waals surface area contributed by atoms with Gasteiger partial charge in [-0.15, -0.1) is 0 Å². The van der Waals surface area contributed by atoms with E-state index in [0.717, 1.165) is 16.8 Å². The molecule has 0 aliphatic carbocycles. The molecule has 2 aromatic rings.